The van der Waals surface area contributed by atoms with E-state index in [-0.39, 0.29) is 0 Å². The maximum atomic E-state index is 6.64. The summed E-state index contributed by atoms with van der Waals surface area (Å²) in [5.41, 5.74) is 16.6. The van der Waals surface area contributed by atoms with Crippen molar-refractivity contribution in [3.05, 3.63) is 194 Å². The van der Waals surface area contributed by atoms with E-state index in [9.17, 15) is 0 Å². The lowest BCUT2D eigenvalue weighted by Crippen LogP contribution is -2.48. The van der Waals surface area contributed by atoms with Gasteiger partial charge in [-0.1, -0.05) is 127 Å². The Kier molecular flexibility index (Phi) is 7.79. The topological polar surface area (TPSA) is 20.8 Å². The first kappa shape index (κ1) is 35.0. The van der Waals surface area contributed by atoms with Gasteiger partial charge in [0.25, 0.3) is 0 Å². The van der Waals surface area contributed by atoms with Crippen molar-refractivity contribution < 1.29 is 4.42 Å². The van der Waals surface area contributed by atoms with Crippen molar-refractivity contribution in [3.63, 3.8) is 0 Å². The van der Waals surface area contributed by atoms with E-state index in [2.05, 4.69) is 197 Å². The summed E-state index contributed by atoms with van der Waals surface area (Å²) in [5.74, 6) is 2.79. The molecule has 4 bridgehead atoms. The first-order valence-electron chi connectivity index (χ1n) is 22.2. The average molecular weight is 787 g/mol. The smallest absolute Gasteiger partial charge is 0.213 e. The van der Waals surface area contributed by atoms with Gasteiger partial charge in [0.1, 0.15) is 0 Å². The van der Waals surface area contributed by atoms with Gasteiger partial charge in [-0.3, -0.25) is 4.40 Å². The van der Waals surface area contributed by atoms with Gasteiger partial charge in [0, 0.05) is 22.4 Å². The van der Waals surface area contributed by atoms with Crippen LogP contribution in [-0.2, 0) is 5.41 Å². The number of hydrogen-bond acceptors (Lipinski definition) is 2. The summed E-state index contributed by atoms with van der Waals surface area (Å²) in [4.78, 5) is 2.44. The number of para-hydroxylation sites is 1. The quantitative estimate of drug-likeness (QED) is 0.160. The third-order valence-electron chi connectivity index (χ3n) is 14.7. The van der Waals surface area contributed by atoms with E-state index >= 15 is 0 Å². The van der Waals surface area contributed by atoms with Crippen molar-refractivity contribution in [2.75, 3.05) is 4.90 Å². The summed E-state index contributed by atoms with van der Waals surface area (Å²) in [6.07, 6.45) is 8.56. The summed E-state index contributed by atoms with van der Waals surface area (Å²) >= 11 is 0. The highest BCUT2D eigenvalue weighted by atomic mass is 16.3. The van der Waals surface area contributed by atoms with E-state index in [1.54, 1.807) is 5.56 Å². The van der Waals surface area contributed by atoms with Crippen LogP contribution in [0.2, 0.25) is 0 Å². The second-order valence-corrected chi connectivity index (χ2v) is 18.4. The molecule has 3 heteroatoms. The van der Waals surface area contributed by atoms with Gasteiger partial charge in [0.05, 0.1) is 16.6 Å². The molecule has 14 rings (SSSR count). The molecular formula is C58H46N2O. The van der Waals surface area contributed by atoms with Crippen LogP contribution in [0.3, 0.4) is 0 Å². The minimum Gasteiger partial charge on any atom is -0.438 e. The second kappa shape index (κ2) is 13.6. The van der Waals surface area contributed by atoms with Gasteiger partial charge in [-0.25, -0.2) is 0 Å². The number of nitrogens with zero attached hydrogens (tertiary/aromatic N) is 2. The molecule has 0 spiro atoms. The minimum absolute atomic E-state index is 0.380. The molecule has 294 valence electrons. The highest BCUT2D eigenvalue weighted by Crippen LogP contribution is 2.61. The number of rotatable bonds is 7. The fraction of sp³-hybridized carbons (Fsp3) is 0.172. The number of aromatic nitrogens is 1. The van der Waals surface area contributed by atoms with Gasteiger partial charge in [-0.05, 0) is 167 Å². The van der Waals surface area contributed by atoms with Crippen LogP contribution in [0, 0.1) is 17.8 Å². The van der Waals surface area contributed by atoms with Crippen LogP contribution >= 0.6 is 0 Å². The van der Waals surface area contributed by atoms with E-state index in [0.717, 1.165) is 62.6 Å². The third-order valence-corrected chi connectivity index (χ3v) is 14.7. The molecule has 0 aliphatic heterocycles. The molecule has 2 aromatic heterocycles. The molecule has 4 saturated carbocycles. The third kappa shape index (κ3) is 5.71. The van der Waals surface area contributed by atoms with Crippen molar-refractivity contribution >= 4 is 55.6 Å². The normalized spacial score (nSPS) is 20.6. The monoisotopic (exact) mass is 786 g/mol. The molecule has 0 atom stereocenters. The van der Waals surface area contributed by atoms with E-state index < -0.39 is 0 Å². The summed E-state index contributed by atoms with van der Waals surface area (Å²) in [5, 5.41) is 3.63. The lowest BCUT2D eigenvalue weighted by Gasteiger charge is -2.57. The lowest BCUT2D eigenvalue weighted by molar-refractivity contribution is -0.00518. The molecule has 3 nitrogen and oxygen atoms in total. The number of fused-ring (bicyclic) bond motifs is 6. The number of benzene rings is 8. The van der Waals surface area contributed by atoms with Crippen LogP contribution in [0.25, 0.3) is 71.9 Å². The standard InChI is InChI=1S/C58H46N2O/c1-3-9-41(10-4-1)42-17-23-49(24-18-42)59(50-26-21-48(22-27-50)58-35-38-29-39(36-58)31-40(30-38)37-58)51-25-19-45-32-44(15-16-46(45)33-51)47-20-28-55-54(34-47)60-53-14-8-7-13-52(53)56(57(60)61-55)43-11-5-2-6-12-43/h1-28,32-34,38-40H,29-31,35-37H2. The molecular weight excluding hydrogens is 741 g/mol. The average Bonchev–Trinajstić information content (AvgIpc) is 3.84. The Bertz CT molecular complexity index is 3230. The Morgan fingerprint density at radius 2 is 0.984 bits per heavy atom. The Balaban J connectivity index is 0.877. The minimum atomic E-state index is 0.380. The molecule has 0 unspecified atom stereocenters. The van der Waals surface area contributed by atoms with E-state index in [1.807, 2.05) is 0 Å². The number of anilines is 3. The van der Waals surface area contributed by atoms with Gasteiger partial charge in [-0.15, -0.1) is 0 Å². The van der Waals surface area contributed by atoms with Crippen LogP contribution in [-0.4, -0.2) is 4.40 Å². The summed E-state index contributed by atoms with van der Waals surface area (Å²) in [7, 11) is 0. The van der Waals surface area contributed by atoms with Gasteiger partial charge < -0.3 is 9.32 Å². The SMILES string of the molecule is c1ccc(-c2ccc(N(c3ccc(C45CC6CC(CC(C6)C4)C5)cc3)c3ccc4cc(-c5ccc6oc7c(-c8ccccc8)c8ccccc8n7c6c5)ccc4c3)cc2)cc1. The van der Waals surface area contributed by atoms with Gasteiger partial charge >= 0.3 is 0 Å². The molecule has 4 aliphatic carbocycles. The Morgan fingerprint density at radius 1 is 0.443 bits per heavy atom. The molecule has 0 saturated heterocycles. The van der Waals surface area contributed by atoms with E-state index in [1.165, 1.54) is 82.6 Å². The zero-order valence-corrected chi connectivity index (χ0v) is 34.2. The van der Waals surface area contributed by atoms with Gasteiger partial charge in [0.15, 0.2) is 5.58 Å². The fourth-order valence-corrected chi connectivity index (χ4v) is 12.4. The fourth-order valence-electron chi connectivity index (χ4n) is 12.4. The predicted octanol–water partition coefficient (Wildman–Crippen LogP) is 15.9. The molecule has 8 aromatic carbocycles. The van der Waals surface area contributed by atoms with E-state index in [4.69, 9.17) is 4.42 Å². The number of oxazole rings is 1. The Morgan fingerprint density at radius 3 is 1.70 bits per heavy atom. The van der Waals surface area contributed by atoms with Crippen molar-refractivity contribution in [2.45, 2.75) is 43.9 Å². The molecule has 0 N–H and O–H groups in total. The molecule has 2 heterocycles. The zero-order chi connectivity index (χ0) is 40.1. The maximum absolute atomic E-state index is 6.64. The van der Waals surface area contributed by atoms with Crippen LogP contribution in [0.5, 0.6) is 0 Å². The van der Waals surface area contributed by atoms with E-state index in [0.29, 0.717) is 5.41 Å². The van der Waals surface area contributed by atoms with Gasteiger partial charge in [-0.2, -0.15) is 0 Å². The first-order chi connectivity index (χ1) is 30.1. The van der Waals surface area contributed by atoms with Crippen molar-refractivity contribution in [1.82, 2.24) is 4.40 Å². The zero-order valence-electron chi connectivity index (χ0n) is 34.2. The van der Waals surface area contributed by atoms with Crippen molar-refractivity contribution in [1.29, 1.82) is 0 Å². The molecule has 4 fully saturated rings. The van der Waals surface area contributed by atoms with Crippen LogP contribution in [0.15, 0.2) is 192 Å². The van der Waals surface area contributed by atoms with Crippen molar-refractivity contribution in [2.24, 2.45) is 17.8 Å². The van der Waals surface area contributed by atoms with Crippen LogP contribution < -0.4 is 4.90 Å². The number of hydrogen-bond donors (Lipinski definition) is 0. The molecule has 61 heavy (non-hydrogen) atoms. The predicted molar refractivity (Wildman–Crippen MR) is 253 cm³/mol. The Labute approximate surface area is 356 Å². The van der Waals surface area contributed by atoms with Crippen LogP contribution in [0.1, 0.15) is 44.1 Å². The summed E-state index contributed by atoms with van der Waals surface area (Å²) in [6, 6.07) is 69.2. The molecule has 10 aromatic rings. The molecule has 0 amide bonds. The summed E-state index contributed by atoms with van der Waals surface area (Å²) < 4.78 is 8.93. The highest BCUT2D eigenvalue weighted by Gasteiger charge is 2.51. The van der Waals surface area contributed by atoms with Gasteiger partial charge in [0.2, 0.25) is 5.71 Å². The van der Waals surface area contributed by atoms with Crippen LogP contribution in [0.4, 0.5) is 17.1 Å². The first-order valence-corrected chi connectivity index (χ1v) is 22.2. The molecule has 4 aliphatic rings. The van der Waals surface area contributed by atoms with Crippen molar-refractivity contribution in [3.8, 4) is 33.4 Å². The second-order valence-electron chi connectivity index (χ2n) is 18.4. The largest absolute Gasteiger partial charge is 0.438 e. The molecule has 0 radical (unpaired) electrons. The highest BCUT2D eigenvalue weighted by molar-refractivity contribution is 6.07. The lowest BCUT2D eigenvalue weighted by atomic mass is 9.48. The Hall–Kier alpha value is -6.84. The maximum Gasteiger partial charge on any atom is 0.213 e. The summed E-state index contributed by atoms with van der Waals surface area (Å²) in [6.45, 7) is 0.